The van der Waals surface area contributed by atoms with Crippen LogP contribution in [0.1, 0.15) is 19.8 Å². The Hall–Kier alpha value is -0.910. The van der Waals surface area contributed by atoms with Crippen molar-refractivity contribution in [2.75, 3.05) is 18.6 Å². The number of Topliss-reactive ketones (excluding diaryl/α,β-unsaturated/α-hetero) is 1. The zero-order chi connectivity index (χ0) is 11.6. The summed E-state index contributed by atoms with van der Waals surface area (Å²) in [6.45, 7) is 1.34. The number of ketones is 1. The summed E-state index contributed by atoms with van der Waals surface area (Å²) in [5.41, 5.74) is 0. The lowest BCUT2D eigenvalue weighted by molar-refractivity contribution is -0.135. The summed E-state index contributed by atoms with van der Waals surface area (Å²) in [4.78, 5) is 23.6. The summed E-state index contributed by atoms with van der Waals surface area (Å²) in [6.07, 6.45) is 0.329. The highest BCUT2D eigenvalue weighted by Crippen LogP contribution is 2.17. The van der Waals surface area contributed by atoms with Crippen LogP contribution in [0.5, 0.6) is 0 Å². The molecule has 1 rings (SSSR count). The minimum Gasteiger partial charge on any atom is -0.341 e. The molecule has 0 N–H and O–H groups in total. The molecular formula is C9H15NO4S. The number of nitrogens with zero attached hydrogens (tertiary/aromatic N) is 1. The molecule has 0 saturated carbocycles. The Bertz CT molecular complexity index is 374. The van der Waals surface area contributed by atoms with Crippen LogP contribution in [0.25, 0.3) is 0 Å². The van der Waals surface area contributed by atoms with Crippen LogP contribution < -0.4 is 0 Å². The summed E-state index contributed by atoms with van der Waals surface area (Å²) < 4.78 is 22.4. The second-order valence-corrected chi connectivity index (χ2v) is 6.17. The van der Waals surface area contributed by atoms with Crippen LogP contribution in [0, 0.1) is 0 Å². The van der Waals surface area contributed by atoms with E-state index in [4.69, 9.17) is 0 Å². The number of hydrogen-bond donors (Lipinski definition) is 0. The quantitative estimate of drug-likeness (QED) is 0.622. The fraction of sp³-hybridized carbons (Fsp3) is 0.778. The maximum atomic E-state index is 11.5. The molecule has 0 aromatic carbocycles. The van der Waals surface area contributed by atoms with E-state index in [1.165, 1.54) is 11.8 Å². The summed E-state index contributed by atoms with van der Waals surface area (Å²) in [5.74, 6) is -0.347. The van der Waals surface area contributed by atoms with Crippen LogP contribution in [0.15, 0.2) is 0 Å². The standard InChI is InChI=1S/C9H15NO4S/c1-7(11)5-9(12)10(2)8-3-4-15(13,14)6-8/h8H,3-6H2,1-2H3. The molecule has 5 nitrogen and oxygen atoms in total. The van der Waals surface area contributed by atoms with Crippen LogP contribution in [-0.4, -0.2) is 49.6 Å². The predicted molar refractivity (Wildman–Crippen MR) is 55.1 cm³/mol. The molecule has 0 spiro atoms. The van der Waals surface area contributed by atoms with Gasteiger partial charge in [-0.3, -0.25) is 9.59 Å². The van der Waals surface area contributed by atoms with Gasteiger partial charge >= 0.3 is 0 Å². The number of carbonyl (C=O) groups is 2. The first-order chi connectivity index (χ1) is 6.82. The second kappa shape index (κ2) is 4.30. The molecule has 1 heterocycles. The predicted octanol–water partition coefficient (Wildman–Crippen LogP) is -0.389. The van der Waals surface area contributed by atoms with Crippen LogP contribution in [0.4, 0.5) is 0 Å². The third-order valence-corrected chi connectivity index (χ3v) is 4.30. The highest BCUT2D eigenvalue weighted by molar-refractivity contribution is 7.91. The van der Waals surface area contributed by atoms with Gasteiger partial charge in [-0.25, -0.2) is 8.42 Å². The van der Waals surface area contributed by atoms with Crippen molar-refractivity contribution in [3.63, 3.8) is 0 Å². The molecule has 6 heteroatoms. The molecule has 1 saturated heterocycles. The smallest absolute Gasteiger partial charge is 0.230 e. The molecule has 0 bridgehead atoms. The van der Waals surface area contributed by atoms with Crippen LogP contribution in [0.3, 0.4) is 0 Å². The highest BCUT2D eigenvalue weighted by atomic mass is 32.2. The van der Waals surface area contributed by atoms with Gasteiger partial charge in [0.2, 0.25) is 5.91 Å². The number of rotatable bonds is 3. The molecule has 0 aliphatic carbocycles. The van der Waals surface area contributed by atoms with Crippen molar-refractivity contribution in [3.8, 4) is 0 Å². The van der Waals surface area contributed by atoms with E-state index in [1.54, 1.807) is 7.05 Å². The second-order valence-electron chi connectivity index (χ2n) is 3.94. The monoisotopic (exact) mass is 233 g/mol. The van der Waals surface area contributed by atoms with E-state index in [0.717, 1.165) is 0 Å². The maximum Gasteiger partial charge on any atom is 0.230 e. The van der Waals surface area contributed by atoms with E-state index in [-0.39, 0.29) is 35.7 Å². The molecule has 1 aliphatic heterocycles. The first-order valence-electron chi connectivity index (χ1n) is 4.77. The van der Waals surface area contributed by atoms with Crippen molar-refractivity contribution in [2.24, 2.45) is 0 Å². The van der Waals surface area contributed by atoms with Gasteiger partial charge in [0.25, 0.3) is 0 Å². The summed E-state index contributed by atoms with van der Waals surface area (Å²) in [5, 5.41) is 0. The largest absolute Gasteiger partial charge is 0.341 e. The number of amides is 1. The van der Waals surface area contributed by atoms with Crippen LogP contribution in [-0.2, 0) is 19.4 Å². The van der Waals surface area contributed by atoms with Crippen molar-refractivity contribution in [2.45, 2.75) is 25.8 Å². The topological polar surface area (TPSA) is 71.5 Å². The first-order valence-corrected chi connectivity index (χ1v) is 6.59. The average molecular weight is 233 g/mol. The van der Waals surface area contributed by atoms with Gasteiger partial charge in [-0.05, 0) is 13.3 Å². The Kier molecular flexibility index (Phi) is 3.49. The molecule has 1 unspecified atom stereocenters. The Morgan fingerprint density at radius 3 is 2.40 bits per heavy atom. The minimum absolute atomic E-state index is 0.0210. The third kappa shape index (κ3) is 3.30. The summed E-state index contributed by atoms with van der Waals surface area (Å²) >= 11 is 0. The normalized spacial score (nSPS) is 23.7. The zero-order valence-electron chi connectivity index (χ0n) is 8.89. The van der Waals surface area contributed by atoms with Crippen LogP contribution in [0.2, 0.25) is 0 Å². The van der Waals surface area contributed by atoms with Gasteiger partial charge in [-0.1, -0.05) is 0 Å². The van der Waals surface area contributed by atoms with Gasteiger partial charge in [0.05, 0.1) is 17.9 Å². The molecule has 15 heavy (non-hydrogen) atoms. The van der Waals surface area contributed by atoms with Gasteiger partial charge in [0.15, 0.2) is 9.84 Å². The molecule has 0 aromatic rings. The summed E-state index contributed by atoms with van der Waals surface area (Å²) in [6, 6.07) is -0.262. The Morgan fingerprint density at radius 2 is 2.00 bits per heavy atom. The number of sulfone groups is 1. The Labute approximate surface area is 89.4 Å². The van der Waals surface area contributed by atoms with Crippen molar-refractivity contribution in [1.82, 2.24) is 4.90 Å². The first kappa shape index (κ1) is 12.2. The lowest BCUT2D eigenvalue weighted by Gasteiger charge is -2.22. The minimum atomic E-state index is -2.98. The molecule has 1 aliphatic rings. The molecule has 0 radical (unpaired) electrons. The van der Waals surface area contributed by atoms with Gasteiger partial charge in [-0.15, -0.1) is 0 Å². The lowest BCUT2D eigenvalue weighted by atomic mass is 10.2. The average Bonchev–Trinajstić information content (AvgIpc) is 2.43. The van der Waals surface area contributed by atoms with E-state index >= 15 is 0 Å². The molecule has 1 amide bonds. The van der Waals surface area contributed by atoms with Gasteiger partial charge < -0.3 is 4.90 Å². The molecule has 1 atom stereocenters. The Morgan fingerprint density at radius 1 is 1.40 bits per heavy atom. The van der Waals surface area contributed by atoms with E-state index in [0.29, 0.717) is 6.42 Å². The highest BCUT2D eigenvalue weighted by Gasteiger charge is 2.32. The SMILES string of the molecule is CC(=O)CC(=O)N(C)C1CCS(=O)(=O)C1. The van der Waals surface area contributed by atoms with E-state index in [9.17, 15) is 18.0 Å². The fourth-order valence-corrected chi connectivity index (χ4v) is 3.40. The van der Waals surface area contributed by atoms with Crippen LogP contribution >= 0.6 is 0 Å². The number of carbonyl (C=O) groups excluding carboxylic acids is 2. The fourth-order valence-electron chi connectivity index (χ4n) is 1.62. The van der Waals surface area contributed by atoms with E-state index in [2.05, 4.69) is 0 Å². The van der Waals surface area contributed by atoms with Crippen molar-refractivity contribution < 1.29 is 18.0 Å². The van der Waals surface area contributed by atoms with E-state index in [1.807, 2.05) is 0 Å². The molecule has 0 aromatic heterocycles. The van der Waals surface area contributed by atoms with Gasteiger partial charge in [-0.2, -0.15) is 0 Å². The van der Waals surface area contributed by atoms with Gasteiger partial charge in [0, 0.05) is 13.1 Å². The molecule has 1 fully saturated rings. The van der Waals surface area contributed by atoms with E-state index < -0.39 is 9.84 Å². The van der Waals surface area contributed by atoms with Crippen molar-refractivity contribution >= 4 is 21.5 Å². The maximum absolute atomic E-state index is 11.5. The summed E-state index contributed by atoms with van der Waals surface area (Å²) in [7, 11) is -1.43. The zero-order valence-corrected chi connectivity index (χ0v) is 9.71. The Balaban J connectivity index is 2.59. The van der Waals surface area contributed by atoms with Crippen molar-refractivity contribution in [1.29, 1.82) is 0 Å². The lowest BCUT2D eigenvalue weighted by Crippen LogP contribution is -2.38. The number of hydrogen-bond acceptors (Lipinski definition) is 4. The molecule has 86 valence electrons. The third-order valence-electron chi connectivity index (χ3n) is 2.55. The van der Waals surface area contributed by atoms with Gasteiger partial charge in [0.1, 0.15) is 5.78 Å². The van der Waals surface area contributed by atoms with Crippen molar-refractivity contribution in [3.05, 3.63) is 0 Å². The molecular weight excluding hydrogens is 218 g/mol.